The fourth-order valence-corrected chi connectivity index (χ4v) is 2.36. The second-order valence-corrected chi connectivity index (χ2v) is 4.47. The minimum Gasteiger partial charge on any atom is -0.480 e. The zero-order chi connectivity index (χ0) is 13.7. The lowest BCUT2D eigenvalue weighted by molar-refractivity contribution is -0.139. The first-order valence-corrected chi connectivity index (χ1v) is 6.01. The topological polar surface area (TPSA) is 78.4 Å². The lowest BCUT2D eigenvalue weighted by atomic mass is 9.93. The quantitative estimate of drug-likeness (QED) is 0.629. The smallest absolute Gasteiger partial charge is 0.320 e. The summed E-state index contributed by atoms with van der Waals surface area (Å²) in [4.78, 5) is 22.2. The molecule has 3 N–H and O–H groups in total. The standard InChI is InChI=1S/C13H20N2O3/c1-4-6-9-7-11(13(17)18)15-12(9)10(5-2)14-8(3)16/h4-6,9-12,15H,2,7H2,1,3H3,(H,14,16)(H,17,18)/b6-4-/t9-,10+,11-,12-/m1/s1. The molecule has 1 rings (SSSR count). The van der Waals surface area contributed by atoms with Gasteiger partial charge in [-0.25, -0.2) is 0 Å². The Bertz CT molecular complexity index is 365. The van der Waals surface area contributed by atoms with E-state index in [0.717, 1.165) is 0 Å². The van der Waals surface area contributed by atoms with Crippen LogP contribution in [0.25, 0.3) is 0 Å². The number of carbonyl (C=O) groups is 2. The number of carbonyl (C=O) groups excluding carboxylic acids is 1. The van der Waals surface area contributed by atoms with Crippen LogP contribution in [-0.2, 0) is 9.59 Å². The van der Waals surface area contributed by atoms with E-state index in [4.69, 9.17) is 5.11 Å². The molecule has 1 heterocycles. The SMILES string of the molecule is C=C[C@H](NC(C)=O)[C@@H]1N[C@@H](C(=O)O)C[C@H]1/C=C\C. The Labute approximate surface area is 107 Å². The lowest BCUT2D eigenvalue weighted by Gasteiger charge is -2.25. The lowest BCUT2D eigenvalue weighted by Crippen LogP contribution is -2.50. The van der Waals surface area contributed by atoms with E-state index >= 15 is 0 Å². The van der Waals surface area contributed by atoms with E-state index in [-0.39, 0.29) is 23.9 Å². The van der Waals surface area contributed by atoms with E-state index in [1.807, 2.05) is 19.1 Å². The fourth-order valence-electron chi connectivity index (χ4n) is 2.36. The van der Waals surface area contributed by atoms with Gasteiger partial charge in [-0.1, -0.05) is 18.2 Å². The van der Waals surface area contributed by atoms with Crippen LogP contribution < -0.4 is 10.6 Å². The normalized spacial score (nSPS) is 29.1. The number of allylic oxidation sites excluding steroid dienone is 1. The van der Waals surface area contributed by atoms with Crippen molar-refractivity contribution >= 4 is 11.9 Å². The van der Waals surface area contributed by atoms with Gasteiger partial charge in [-0.2, -0.15) is 0 Å². The second kappa shape index (κ2) is 6.35. The monoisotopic (exact) mass is 252 g/mol. The molecular weight excluding hydrogens is 232 g/mol. The van der Waals surface area contributed by atoms with Crippen LogP contribution in [0.1, 0.15) is 20.3 Å². The Kier molecular flexibility index (Phi) is 5.09. The molecule has 0 aromatic heterocycles. The molecule has 0 radical (unpaired) electrons. The minimum absolute atomic E-state index is 0.0750. The predicted octanol–water partition coefficient (Wildman–Crippen LogP) is 0.684. The fraction of sp³-hybridized carbons (Fsp3) is 0.538. The molecule has 0 saturated carbocycles. The Morgan fingerprint density at radius 1 is 1.56 bits per heavy atom. The van der Waals surface area contributed by atoms with Crippen LogP contribution >= 0.6 is 0 Å². The highest BCUT2D eigenvalue weighted by molar-refractivity contribution is 5.75. The van der Waals surface area contributed by atoms with Crippen molar-refractivity contribution in [2.75, 3.05) is 0 Å². The molecule has 1 amide bonds. The number of amides is 1. The van der Waals surface area contributed by atoms with E-state index in [1.54, 1.807) is 6.08 Å². The predicted molar refractivity (Wildman–Crippen MR) is 69.1 cm³/mol. The van der Waals surface area contributed by atoms with Gasteiger partial charge >= 0.3 is 5.97 Å². The van der Waals surface area contributed by atoms with Gasteiger partial charge in [-0.05, 0) is 19.3 Å². The molecule has 4 atom stereocenters. The number of hydrogen-bond acceptors (Lipinski definition) is 3. The molecule has 1 fully saturated rings. The third-order valence-electron chi connectivity index (χ3n) is 3.11. The van der Waals surface area contributed by atoms with Crippen molar-refractivity contribution in [1.82, 2.24) is 10.6 Å². The molecule has 0 spiro atoms. The highest BCUT2D eigenvalue weighted by Crippen LogP contribution is 2.25. The molecule has 0 aromatic rings. The summed E-state index contributed by atoms with van der Waals surface area (Å²) >= 11 is 0. The first kappa shape index (κ1) is 14.4. The van der Waals surface area contributed by atoms with E-state index in [1.165, 1.54) is 6.92 Å². The van der Waals surface area contributed by atoms with Gasteiger partial charge in [-0.3, -0.25) is 14.9 Å². The number of rotatable bonds is 5. The number of hydrogen-bond donors (Lipinski definition) is 3. The molecule has 0 aromatic carbocycles. The Morgan fingerprint density at radius 3 is 2.67 bits per heavy atom. The summed E-state index contributed by atoms with van der Waals surface area (Å²) in [5.74, 6) is -0.941. The van der Waals surface area contributed by atoms with E-state index in [0.29, 0.717) is 6.42 Å². The maximum absolute atomic E-state index is 11.1. The molecule has 0 unspecified atom stereocenters. The van der Waals surface area contributed by atoms with Gasteiger partial charge in [0, 0.05) is 13.0 Å². The molecule has 1 aliphatic heterocycles. The van der Waals surface area contributed by atoms with Crippen molar-refractivity contribution < 1.29 is 14.7 Å². The van der Waals surface area contributed by atoms with Gasteiger partial charge < -0.3 is 10.4 Å². The van der Waals surface area contributed by atoms with Crippen molar-refractivity contribution in [3.63, 3.8) is 0 Å². The van der Waals surface area contributed by atoms with Crippen LogP contribution in [0.15, 0.2) is 24.8 Å². The van der Waals surface area contributed by atoms with Crippen molar-refractivity contribution in [3.8, 4) is 0 Å². The third kappa shape index (κ3) is 3.43. The molecule has 18 heavy (non-hydrogen) atoms. The number of carboxylic acid groups (broad SMARTS) is 1. The van der Waals surface area contributed by atoms with Crippen LogP contribution in [0, 0.1) is 5.92 Å². The van der Waals surface area contributed by atoms with Crippen molar-refractivity contribution in [2.24, 2.45) is 5.92 Å². The average molecular weight is 252 g/mol. The van der Waals surface area contributed by atoms with E-state index in [9.17, 15) is 9.59 Å². The Hall–Kier alpha value is -1.62. The Balaban J connectivity index is 2.84. The molecule has 5 nitrogen and oxygen atoms in total. The first-order valence-electron chi connectivity index (χ1n) is 6.01. The first-order chi connectivity index (χ1) is 8.49. The minimum atomic E-state index is -0.863. The number of carboxylic acids is 1. The largest absolute Gasteiger partial charge is 0.480 e. The average Bonchev–Trinajstić information content (AvgIpc) is 2.70. The van der Waals surface area contributed by atoms with Crippen molar-refractivity contribution in [3.05, 3.63) is 24.8 Å². The summed E-state index contributed by atoms with van der Waals surface area (Å²) in [5.41, 5.74) is 0. The van der Waals surface area contributed by atoms with E-state index in [2.05, 4.69) is 17.2 Å². The summed E-state index contributed by atoms with van der Waals surface area (Å²) in [6, 6.07) is -0.982. The second-order valence-electron chi connectivity index (χ2n) is 4.47. The van der Waals surface area contributed by atoms with Crippen LogP contribution in [0.2, 0.25) is 0 Å². The summed E-state index contributed by atoms with van der Waals surface area (Å²) in [5, 5.41) is 14.9. The van der Waals surface area contributed by atoms with Crippen LogP contribution in [0.5, 0.6) is 0 Å². The molecule has 0 bridgehead atoms. The van der Waals surface area contributed by atoms with E-state index < -0.39 is 12.0 Å². The molecule has 1 saturated heterocycles. The van der Waals surface area contributed by atoms with Crippen molar-refractivity contribution in [2.45, 2.75) is 38.4 Å². The zero-order valence-electron chi connectivity index (χ0n) is 10.7. The number of nitrogens with one attached hydrogen (secondary N) is 2. The van der Waals surface area contributed by atoms with Gasteiger partial charge in [-0.15, -0.1) is 6.58 Å². The molecule has 1 aliphatic rings. The number of aliphatic carboxylic acids is 1. The van der Waals surface area contributed by atoms with Gasteiger partial charge in [0.1, 0.15) is 6.04 Å². The maximum Gasteiger partial charge on any atom is 0.320 e. The van der Waals surface area contributed by atoms with Crippen LogP contribution in [-0.4, -0.2) is 35.1 Å². The van der Waals surface area contributed by atoms with Crippen LogP contribution in [0.3, 0.4) is 0 Å². The summed E-state index contributed by atoms with van der Waals surface area (Å²) in [6.45, 7) is 7.03. The molecule has 5 heteroatoms. The summed E-state index contributed by atoms with van der Waals surface area (Å²) in [6.07, 6.45) is 6.03. The van der Waals surface area contributed by atoms with Gasteiger partial charge in [0.2, 0.25) is 5.91 Å². The van der Waals surface area contributed by atoms with Crippen LogP contribution in [0.4, 0.5) is 0 Å². The third-order valence-corrected chi connectivity index (χ3v) is 3.11. The zero-order valence-corrected chi connectivity index (χ0v) is 10.7. The Morgan fingerprint density at radius 2 is 2.22 bits per heavy atom. The molecule has 0 aliphatic carbocycles. The molecular formula is C13H20N2O3. The van der Waals surface area contributed by atoms with Gasteiger partial charge in [0.05, 0.1) is 6.04 Å². The summed E-state index contributed by atoms with van der Waals surface area (Å²) < 4.78 is 0. The maximum atomic E-state index is 11.1. The highest BCUT2D eigenvalue weighted by Gasteiger charge is 2.39. The van der Waals surface area contributed by atoms with Crippen molar-refractivity contribution in [1.29, 1.82) is 0 Å². The summed E-state index contributed by atoms with van der Waals surface area (Å²) in [7, 11) is 0. The highest BCUT2D eigenvalue weighted by atomic mass is 16.4. The van der Waals surface area contributed by atoms with Gasteiger partial charge in [0.15, 0.2) is 0 Å². The van der Waals surface area contributed by atoms with Gasteiger partial charge in [0.25, 0.3) is 0 Å². The molecule has 100 valence electrons.